The summed E-state index contributed by atoms with van der Waals surface area (Å²) in [5.41, 5.74) is 13.7. The second-order valence-electron chi connectivity index (χ2n) is 18.0. The van der Waals surface area contributed by atoms with Crippen molar-refractivity contribution in [1.29, 1.82) is 0 Å². The molecule has 0 saturated heterocycles. The van der Waals surface area contributed by atoms with Crippen molar-refractivity contribution < 1.29 is 0 Å². The molecule has 5 nitrogen and oxygen atoms in total. The van der Waals surface area contributed by atoms with Crippen LogP contribution in [0.15, 0.2) is 249 Å². The van der Waals surface area contributed by atoms with E-state index in [-0.39, 0.29) is 0 Å². The summed E-state index contributed by atoms with van der Waals surface area (Å²) < 4.78 is 4.87. The first-order chi connectivity index (χ1) is 34.7. The summed E-state index contributed by atoms with van der Waals surface area (Å²) in [5.74, 6) is 1.80. The van der Waals surface area contributed by atoms with E-state index in [0.717, 1.165) is 66.9 Å². The minimum Gasteiger partial charge on any atom is -0.309 e. The van der Waals surface area contributed by atoms with Crippen molar-refractivity contribution in [3.63, 3.8) is 0 Å². The Morgan fingerprint density at radius 2 is 0.743 bits per heavy atom. The van der Waals surface area contributed by atoms with Crippen molar-refractivity contribution in [3.8, 4) is 67.8 Å². The Balaban J connectivity index is 1.08. The molecule has 0 spiro atoms. The highest BCUT2D eigenvalue weighted by Gasteiger charge is 2.25. The summed E-state index contributed by atoms with van der Waals surface area (Å²) in [5, 5.41) is 9.57. The average molecular weight is 892 g/mol. The molecule has 3 aromatic heterocycles. The molecule has 0 N–H and O–H groups in total. The zero-order valence-corrected chi connectivity index (χ0v) is 37.9. The minimum absolute atomic E-state index is 0.590. The van der Waals surface area contributed by atoms with Crippen LogP contribution in [0.4, 0.5) is 0 Å². The fourth-order valence-electron chi connectivity index (χ4n) is 10.7. The van der Waals surface area contributed by atoms with E-state index in [0.29, 0.717) is 17.5 Å². The lowest BCUT2D eigenvalue weighted by atomic mass is 9.92. The van der Waals surface area contributed by atoms with E-state index in [1.54, 1.807) is 0 Å². The quantitative estimate of drug-likeness (QED) is 0.160. The Hall–Kier alpha value is -9.45. The van der Waals surface area contributed by atoms with E-state index < -0.39 is 0 Å². The summed E-state index contributed by atoms with van der Waals surface area (Å²) in [7, 11) is 0. The first kappa shape index (κ1) is 39.7. The van der Waals surface area contributed by atoms with Gasteiger partial charge in [0.15, 0.2) is 17.5 Å². The van der Waals surface area contributed by atoms with E-state index in [2.05, 4.69) is 240 Å². The van der Waals surface area contributed by atoms with Crippen LogP contribution >= 0.6 is 0 Å². The molecular weight excluding hydrogens is 851 g/mol. The molecule has 5 heteroatoms. The van der Waals surface area contributed by atoms with Crippen LogP contribution in [-0.4, -0.2) is 24.1 Å². The van der Waals surface area contributed by atoms with Gasteiger partial charge in [0.25, 0.3) is 0 Å². The van der Waals surface area contributed by atoms with Crippen molar-refractivity contribution in [1.82, 2.24) is 24.1 Å². The molecule has 0 aliphatic rings. The molecule has 326 valence electrons. The Morgan fingerprint density at radius 3 is 1.41 bits per heavy atom. The van der Waals surface area contributed by atoms with Gasteiger partial charge in [-0.2, -0.15) is 0 Å². The number of fused-ring (bicyclic) bond motifs is 9. The molecular formula is C65H41N5. The van der Waals surface area contributed by atoms with Crippen LogP contribution in [0.5, 0.6) is 0 Å². The molecule has 14 rings (SSSR count). The van der Waals surface area contributed by atoms with Crippen LogP contribution in [0.1, 0.15) is 0 Å². The third-order valence-corrected chi connectivity index (χ3v) is 13.9. The second-order valence-corrected chi connectivity index (χ2v) is 18.0. The second kappa shape index (κ2) is 16.1. The Kier molecular flexibility index (Phi) is 9.14. The van der Waals surface area contributed by atoms with Gasteiger partial charge in [-0.25, -0.2) is 15.0 Å². The van der Waals surface area contributed by atoms with Gasteiger partial charge in [0, 0.05) is 60.4 Å². The van der Waals surface area contributed by atoms with Gasteiger partial charge in [0.1, 0.15) is 0 Å². The van der Waals surface area contributed by atoms with Gasteiger partial charge in [-0.05, 0) is 75.8 Å². The third-order valence-electron chi connectivity index (χ3n) is 13.9. The summed E-state index contributed by atoms with van der Waals surface area (Å²) in [4.78, 5) is 16.1. The largest absolute Gasteiger partial charge is 0.309 e. The first-order valence-corrected chi connectivity index (χ1v) is 23.8. The molecule has 0 aliphatic heterocycles. The lowest BCUT2D eigenvalue weighted by Gasteiger charge is -2.21. The maximum Gasteiger partial charge on any atom is 0.164 e. The molecule has 0 aliphatic carbocycles. The van der Waals surface area contributed by atoms with E-state index in [4.69, 9.17) is 15.0 Å². The Morgan fingerprint density at radius 1 is 0.257 bits per heavy atom. The molecule has 0 fully saturated rings. The predicted octanol–water partition coefficient (Wildman–Crippen LogP) is 16.7. The fourth-order valence-corrected chi connectivity index (χ4v) is 10.7. The zero-order chi connectivity index (χ0) is 46.1. The molecule has 0 amide bonds. The van der Waals surface area contributed by atoms with Crippen LogP contribution in [0, 0.1) is 0 Å². The number of para-hydroxylation sites is 2. The third kappa shape index (κ3) is 6.44. The van der Waals surface area contributed by atoms with Crippen molar-refractivity contribution in [3.05, 3.63) is 249 Å². The maximum absolute atomic E-state index is 5.46. The highest BCUT2D eigenvalue weighted by Crippen LogP contribution is 2.46. The molecule has 0 bridgehead atoms. The molecule has 14 aromatic rings. The van der Waals surface area contributed by atoms with E-state index >= 15 is 0 Å². The van der Waals surface area contributed by atoms with Crippen LogP contribution in [0.3, 0.4) is 0 Å². The zero-order valence-electron chi connectivity index (χ0n) is 37.9. The number of benzene rings is 11. The van der Waals surface area contributed by atoms with Gasteiger partial charge in [-0.1, -0.05) is 200 Å². The number of hydrogen-bond acceptors (Lipinski definition) is 3. The highest BCUT2D eigenvalue weighted by molar-refractivity contribution is 6.21. The molecule has 0 radical (unpaired) electrons. The Bertz CT molecular complexity index is 4270. The van der Waals surface area contributed by atoms with Crippen molar-refractivity contribution in [2.45, 2.75) is 0 Å². The van der Waals surface area contributed by atoms with Crippen LogP contribution in [0.25, 0.3) is 133 Å². The number of rotatable bonds is 7. The molecule has 3 heterocycles. The number of nitrogens with zero attached hydrogens (tertiary/aromatic N) is 5. The molecule has 0 unspecified atom stereocenters. The van der Waals surface area contributed by atoms with Gasteiger partial charge in [-0.15, -0.1) is 0 Å². The smallest absolute Gasteiger partial charge is 0.164 e. The monoisotopic (exact) mass is 891 g/mol. The molecule has 0 atom stereocenters. The lowest BCUT2D eigenvalue weighted by Crippen LogP contribution is -2.04. The van der Waals surface area contributed by atoms with Gasteiger partial charge in [-0.3, -0.25) is 0 Å². The minimum atomic E-state index is 0.590. The van der Waals surface area contributed by atoms with E-state index in [1.165, 1.54) is 48.6 Å². The average Bonchev–Trinajstić information content (AvgIpc) is 3.95. The number of aromatic nitrogens is 5. The van der Waals surface area contributed by atoms with Crippen LogP contribution < -0.4 is 0 Å². The van der Waals surface area contributed by atoms with Crippen molar-refractivity contribution in [2.24, 2.45) is 0 Å². The summed E-state index contributed by atoms with van der Waals surface area (Å²) in [6.07, 6.45) is 0. The molecule has 70 heavy (non-hydrogen) atoms. The van der Waals surface area contributed by atoms with Gasteiger partial charge in [0.05, 0.1) is 27.8 Å². The van der Waals surface area contributed by atoms with Gasteiger partial charge >= 0.3 is 0 Å². The number of hydrogen-bond donors (Lipinski definition) is 0. The maximum atomic E-state index is 5.46. The van der Waals surface area contributed by atoms with Crippen LogP contribution in [0.2, 0.25) is 0 Å². The summed E-state index contributed by atoms with van der Waals surface area (Å²) in [6.45, 7) is 0. The normalized spacial score (nSPS) is 11.7. The molecule has 0 saturated carbocycles. The lowest BCUT2D eigenvalue weighted by molar-refractivity contribution is 1.07. The van der Waals surface area contributed by atoms with E-state index in [1.807, 2.05) is 18.2 Å². The van der Waals surface area contributed by atoms with Gasteiger partial charge < -0.3 is 9.13 Å². The topological polar surface area (TPSA) is 48.5 Å². The first-order valence-electron chi connectivity index (χ1n) is 23.8. The fraction of sp³-hybridized carbons (Fsp3) is 0. The van der Waals surface area contributed by atoms with Crippen LogP contribution in [-0.2, 0) is 0 Å². The highest BCUT2D eigenvalue weighted by atomic mass is 15.0. The van der Waals surface area contributed by atoms with Crippen molar-refractivity contribution >= 4 is 65.2 Å². The van der Waals surface area contributed by atoms with E-state index in [9.17, 15) is 0 Å². The summed E-state index contributed by atoms with van der Waals surface area (Å²) in [6, 6.07) is 88.9. The SMILES string of the molecule is c1ccc(-c2nc(-c3cc(-c4ccccc4)c(-n4c5cc6ccccc6cc5c5ccc6ccccc6c54)c(-c4ccccc4)c3)nc(-c3ccc4c5ccccc5n(-c5ccccc5)c4c3)n2)cc1. The predicted molar refractivity (Wildman–Crippen MR) is 291 cm³/mol. The summed E-state index contributed by atoms with van der Waals surface area (Å²) >= 11 is 0. The van der Waals surface area contributed by atoms with Gasteiger partial charge in [0.2, 0.25) is 0 Å². The standard InChI is InChI=1S/C65H41N5/c1-5-19-42(20-6-1)55-38-49(39-56(43-21-7-2-8-22-43)62(55)70-60-40-47-27-14-13-26-46(47)37-57(60)54-36-33-44-23-15-16-30-51(44)61(54)70)65-67-63(45-24-9-3-10-25-45)66-64(68-65)48-34-35-53-52-31-17-18-32-58(52)69(59(53)41-48)50-28-11-4-12-29-50/h1-41H. The molecule has 11 aromatic carbocycles. The Labute approximate surface area is 403 Å². The van der Waals surface area contributed by atoms with Crippen molar-refractivity contribution in [2.75, 3.05) is 0 Å².